The molecule has 6 nitrogen and oxygen atoms in total. The molecule has 4 rings (SSSR count). The van der Waals surface area contributed by atoms with Crippen LogP contribution in [0.5, 0.6) is 0 Å². The van der Waals surface area contributed by atoms with Gasteiger partial charge < -0.3 is 16.2 Å². The summed E-state index contributed by atoms with van der Waals surface area (Å²) in [7, 11) is 0. The van der Waals surface area contributed by atoms with Crippen molar-refractivity contribution >= 4 is 40.4 Å². The summed E-state index contributed by atoms with van der Waals surface area (Å²) >= 11 is 13.6. The fourth-order valence-electron chi connectivity index (χ4n) is 3.92. The number of carbonyl (C=O) groups is 1. The van der Waals surface area contributed by atoms with Gasteiger partial charge in [0.25, 0.3) is 5.91 Å². The number of halogens is 2. The van der Waals surface area contributed by atoms with Crippen LogP contribution in [-0.4, -0.2) is 27.0 Å². The van der Waals surface area contributed by atoms with Crippen LogP contribution in [0.4, 0.5) is 0 Å². The summed E-state index contributed by atoms with van der Waals surface area (Å²) in [5.74, 6) is -0.0641. The molecule has 1 unspecified atom stereocenters. The molecule has 1 aliphatic carbocycles. The van der Waals surface area contributed by atoms with Gasteiger partial charge in [0.1, 0.15) is 6.33 Å². The minimum Gasteiger partial charge on any atom is -0.387 e. The molecule has 9 heteroatoms. The molecule has 0 spiro atoms. The molecule has 0 saturated carbocycles. The number of carbonyl (C=O) groups excluding carboxylic acids is 1. The van der Waals surface area contributed by atoms with Crippen LogP contribution >= 0.6 is 34.5 Å². The zero-order valence-electron chi connectivity index (χ0n) is 17.0. The average Bonchev–Trinajstić information content (AvgIpc) is 3.33. The van der Waals surface area contributed by atoms with Gasteiger partial charge in [0.2, 0.25) is 0 Å². The van der Waals surface area contributed by atoms with E-state index in [1.165, 1.54) is 17.7 Å². The topological polar surface area (TPSA) is 101 Å². The van der Waals surface area contributed by atoms with E-state index in [2.05, 4.69) is 15.3 Å². The van der Waals surface area contributed by atoms with Gasteiger partial charge in [0.05, 0.1) is 33.3 Å². The molecule has 4 atom stereocenters. The Balaban J connectivity index is 1.52. The predicted molar refractivity (Wildman–Crippen MR) is 124 cm³/mol. The van der Waals surface area contributed by atoms with Crippen molar-refractivity contribution in [1.82, 2.24) is 15.3 Å². The summed E-state index contributed by atoms with van der Waals surface area (Å²) in [5.41, 5.74) is 9.45. The predicted octanol–water partition coefficient (Wildman–Crippen LogP) is 4.87. The highest BCUT2D eigenvalue weighted by molar-refractivity contribution is 7.17. The molecule has 0 bridgehead atoms. The second-order valence-electron chi connectivity index (χ2n) is 7.79. The molecule has 4 N–H and O–H groups in total. The number of aliphatic hydroxyl groups is 1. The van der Waals surface area contributed by atoms with Crippen molar-refractivity contribution in [2.75, 3.05) is 0 Å². The van der Waals surface area contributed by atoms with Gasteiger partial charge in [-0.25, -0.2) is 9.97 Å². The molecule has 1 aromatic carbocycles. The Morgan fingerprint density at radius 3 is 2.81 bits per heavy atom. The van der Waals surface area contributed by atoms with Crippen molar-refractivity contribution in [3.05, 3.63) is 68.4 Å². The van der Waals surface area contributed by atoms with Crippen molar-refractivity contribution in [2.45, 2.75) is 44.4 Å². The molecule has 1 aliphatic rings. The maximum atomic E-state index is 12.8. The zero-order valence-corrected chi connectivity index (χ0v) is 19.3. The van der Waals surface area contributed by atoms with Gasteiger partial charge in [-0.15, -0.1) is 11.3 Å². The Hall–Kier alpha value is -2.03. The van der Waals surface area contributed by atoms with Gasteiger partial charge in [-0.2, -0.15) is 0 Å². The first-order valence-corrected chi connectivity index (χ1v) is 11.5. The second-order valence-corrected chi connectivity index (χ2v) is 9.72. The van der Waals surface area contributed by atoms with Crippen molar-refractivity contribution in [1.29, 1.82) is 0 Å². The zero-order chi connectivity index (χ0) is 22.3. The van der Waals surface area contributed by atoms with E-state index >= 15 is 0 Å². The van der Waals surface area contributed by atoms with Gasteiger partial charge >= 0.3 is 0 Å². The van der Waals surface area contributed by atoms with E-state index in [-0.39, 0.29) is 17.9 Å². The van der Waals surface area contributed by atoms with Crippen LogP contribution in [0.25, 0.3) is 10.6 Å². The third-order valence-corrected chi connectivity index (χ3v) is 7.24. The summed E-state index contributed by atoms with van der Waals surface area (Å²) in [6.45, 7) is 3.89. The molecule has 1 amide bonds. The molecule has 0 fully saturated rings. The summed E-state index contributed by atoms with van der Waals surface area (Å²) in [6, 6.07) is 7.94. The highest BCUT2D eigenvalue weighted by atomic mass is 35.5. The van der Waals surface area contributed by atoms with Crippen LogP contribution in [-0.2, 0) is 0 Å². The van der Waals surface area contributed by atoms with Crippen molar-refractivity contribution in [2.24, 2.45) is 5.73 Å². The molecular weight excluding hydrogens is 455 g/mol. The fourth-order valence-corrected chi connectivity index (χ4v) is 5.37. The van der Waals surface area contributed by atoms with Crippen LogP contribution in [0.3, 0.4) is 0 Å². The van der Waals surface area contributed by atoms with Crippen molar-refractivity contribution < 1.29 is 9.90 Å². The van der Waals surface area contributed by atoms with E-state index in [9.17, 15) is 9.90 Å². The smallest absolute Gasteiger partial charge is 0.261 e. The minimum atomic E-state index is -0.573. The number of thiophene rings is 1. The lowest BCUT2D eigenvalue weighted by atomic mass is 10.0. The summed E-state index contributed by atoms with van der Waals surface area (Å²) < 4.78 is 0. The first-order valence-electron chi connectivity index (χ1n) is 9.90. The number of hydrogen-bond donors (Lipinski definition) is 3. The highest BCUT2D eigenvalue weighted by Gasteiger charge is 2.32. The van der Waals surface area contributed by atoms with Gasteiger partial charge in [-0.1, -0.05) is 36.2 Å². The van der Waals surface area contributed by atoms with Gasteiger partial charge in [0.15, 0.2) is 0 Å². The number of nitrogens with one attached hydrogen (secondary N) is 1. The second kappa shape index (κ2) is 8.84. The van der Waals surface area contributed by atoms with E-state index in [4.69, 9.17) is 28.9 Å². The third-order valence-electron chi connectivity index (χ3n) is 5.58. The largest absolute Gasteiger partial charge is 0.387 e. The number of nitrogens with zero attached hydrogens (tertiary/aromatic N) is 2. The van der Waals surface area contributed by atoms with Crippen molar-refractivity contribution in [3.8, 4) is 10.6 Å². The van der Waals surface area contributed by atoms with E-state index in [0.717, 1.165) is 21.7 Å². The lowest BCUT2D eigenvalue weighted by Gasteiger charge is -2.22. The molecular formula is C22H22Cl2N4O2S. The maximum absolute atomic E-state index is 12.8. The maximum Gasteiger partial charge on any atom is 0.261 e. The number of hydrogen-bond acceptors (Lipinski definition) is 6. The SMILES string of the molecule is CC(NC(=O)c1ccc(-c2ncnc3c2[C@H](C)C[C@H]3O)s1)[C@H](N)c1ccc(Cl)cc1Cl. The van der Waals surface area contributed by atoms with Crippen molar-refractivity contribution in [3.63, 3.8) is 0 Å². The number of rotatable bonds is 5. The van der Waals surface area contributed by atoms with Crippen LogP contribution in [0, 0.1) is 0 Å². The Morgan fingerprint density at radius 1 is 1.29 bits per heavy atom. The lowest BCUT2D eigenvalue weighted by Crippen LogP contribution is -2.40. The molecule has 0 radical (unpaired) electrons. The molecule has 3 aromatic rings. The molecule has 0 saturated heterocycles. The number of amides is 1. The van der Waals surface area contributed by atoms with Crippen LogP contribution < -0.4 is 11.1 Å². The monoisotopic (exact) mass is 476 g/mol. The van der Waals surface area contributed by atoms with Crippen LogP contribution in [0.2, 0.25) is 10.0 Å². The summed E-state index contributed by atoms with van der Waals surface area (Å²) in [6.07, 6.45) is 1.52. The molecule has 0 aliphatic heterocycles. The van der Waals surface area contributed by atoms with Crippen LogP contribution in [0.1, 0.15) is 64.8 Å². The number of nitrogens with two attached hydrogens (primary N) is 1. The molecule has 2 aromatic heterocycles. The number of benzene rings is 1. The van der Waals surface area contributed by atoms with E-state index in [1.807, 2.05) is 19.9 Å². The Labute approximate surface area is 194 Å². The van der Waals surface area contributed by atoms with Crippen LogP contribution in [0.15, 0.2) is 36.7 Å². The molecule has 162 valence electrons. The highest BCUT2D eigenvalue weighted by Crippen LogP contribution is 2.44. The van der Waals surface area contributed by atoms with E-state index in [1.54, 1.807) is 24.3 Å². The Kier molecular flexibility index (Phi) is 6.32. The Bertz CT molecular complexity index is 1140. The normalized spacial score (nSPS) is 19.7. The van der Waals surface area contributed by atoms with E-state index in [0.29, 0.717) is 27.0 Å². The first kappa shape index (κ1) is 22.2. The number of fused-ring (bicyclic) bond motifs is 1. The quantitative estimate of drug-likeness (QED) is 0.487. The fraction of sp³-hybridized carbons (Fsp3) is 0.318. The number of aromatic nitrogens is 2. The Morgan fingerprint density at radius 2 is 2.06 bits per heavy atom. The molecule has 31 heavy (non-hydrogen) atoms. The van der Waals surface area contributed by atoms with Gasteiger partial charge in [-0.05, 0) is 49.1 Å². The standard InChI is InChI=1S/C22H22Cl2N4O2S/c1-10-7-15(29)20-18(10)21(27-9-26-20)16-5-6-17(31-16)22(30)28-11(2)19(25)13-4-3-12(23)8-14(13)24/h3-6,8-11,15,19,29H,7,25H2,1-2H3,(H,28,30)/t10-,11?,15-,19+/m1/s1. The lowest BCUT2D eigenvalue weighted by molar-refractivity contribution is 0.0939. The number of aliphatic hydroxyl groups excluding tert-OH is 1. The first-order chi connectivity index (χ1) is 14.8. The van der Waals surface area contributed by atoms with E-state index < -0.39 is 12.1 Å². The van der Waals surface area contributed by atoms with Gasteiger partial charge in [-0.3, -0.25) is 4.79 Å². The minimum absolute atomic E-state index is 0.155. The van der Waals surface area contributed by atoms with Gasteiger partial charge in [0, 0.05) is 21.7 Å². The average molecular weight is 477 g/mol. The summed E-state index contributed by atoms with van der Waals surface area (Å²) in [4.78, 5) is 22.9. The molecule has 2 heterocycles. The summed E-state index contributed by atoms with van der Waals surface area (Å²) in [5, 5.41) is 14.2. The third kappa shape index (κ3) is 4.33.